The van der Waals surface area contributed by atoms with Gasteiger partial charge in [-0.05, 0) is 51.6 Å². The fourth-order valence-electron chi connectivity index (χ4n) is 4.05. The average molecular weight is 281 g/mol. The summed E-state index contributed by atoms with van der Waals surface area (Å²) in [7, 11) is 4.41. The minimum atomic E-state index is 0.454. The van der Waals surface area contributed by atoms with E-state index in [2.05, 4.69) is 56.9 Å². The maximum absolute atomic E-state index is 3.59. The highest BCUT2D eigenvalue weighted by atomic mass is 15.3. The van der Waals surface area contributed by atoms with Crippen molar-refractivity contribution in [3.05, 3.63) is 0 Å². The molecule has 2 aliphatic rings. The molecule has 1 aliphatic heterocycles. The van der Waals surface area contributed by atoms with Crippen LogP contribution in [0.25, 0.3) is 0 Å². The third-order valence-corrected chi connectivity index (χ3v) is 5.87. The van der Waals surface area contributed by atoms with Crippen LogP contribution in [0, 0.1) is 11.3 Å². The van der Waals surface area contributed by atoms with Crippen molar-refractivity contribution >= 4 is 0 Å². The summed E-state index contributed by atoms with van der Waals surface area (Å²) >= 11 is 0. The number of nitrogens with zero attached hydrogens (tertiary/aromatic N) is 2. The molecule has 1 heterocycles. The van der Waals surface area contributed by atoms with Gasteiger partial charge in [-0.15, -0.1) is 0 Å². The van der Waals surface area contributed by atoms with Gasteiger partial charge in [0.15, 0.2) is 0 Å². The van der Waals surface area contributed by atoms with E-state index in [4.69, 9.17) is 0 Å². The molecule has 3 heteroatoms. The first-order chi connectivity index (χ1) is 9.32. The molecule has 118 valence electrons. The molecule has 0 amide bonds. The predicted molar refractivity (Wildman–Crippen MR) is 87.1 cm³/mol. The molecule has 2 fully saturated rings. The Morgan fingerprint density at radius 3 is 2.35 bits per heavy atom. The highest BCUT2D eigenvalue weighted by Gasteiger charge is 2.39. The summed E-state index contributed by atoms with van der Waals surface area (Å²) in [5.74, 6) is 0.868. The zero-order valence-corrected chi connectivity index (χ0v) is 14.4. The van der Waals surface area contributed by atoms with Gasteiger partial charge in [0.1, 0.15) is 0 Å². The Morgan fingerprint density at radius 1 is 1.10 bits per heavy atom. The topological polar surface area (TPSA) is 18.5 Å². The van der Waals surface area contributed by atoms with Gasteiger partial charge < -0.3 is 10.2 Å². The summed E-state index contributed by atoms with van der Waals surface area (Å²) in [6, 6.07) is 2.11. The van der Waals surface area contributed by atoms with E-state index >= 15 is 0 Å². The second kappa shape index (κ2) is 6.33. The van der Waals surface area contributed by atoms with Crippen molar-refractivity contribution < 1.29 is 0 Å². The van der Waals surface area contributed by atoms with Gasteiger partial charge in [0.2, 0.25) is 0 Å². The molecule has 4 unspecified atom stereocenters. The lowest BCUT2D eigenvalue weighted by Gasteiger charge is -2.49. The molecule has 0 bridgehead atoms. The summed E-state index contributed by atoms with van der Waals surface area (Å²) in [6.45, 7) is 13.3. The minimum absolute atomic E-state index is 0.454. The van der Waals surface area contributed by atoms with Crippen LogP contribution >= 0.6 is 0 Å². The summed E-state index contributed by atoms with van der Waals surface area (Å²) in [6.07, 6.45) is 4.09. The molecule has 4 atom stereocenters. The number of rotatable bonds is 2. The lowest BCUT2D eigenvalue weighted by atomic mass is 9.69. The van der Waals surface area contributed by atoms with Gasteiger partial charge in [-0.1, -0.05) is 20.8 Å². The second-order valence-electron chi connectivity index (χ2n) is 8.16. The molecule has 0 radical (unpaired) electrons. The first kappa shape index (κ1) is 16.3. The highest BCUT2D eigenvalue weighted by molar-refractivity contribution is 4.95. The van der Waals surface area contributed by atoms with Crippen molar-refractivity contribution in [2.75, 3.05) is 33.7 Å². The normalized spacial score (nSPS) is 38.1. The molecule has 2 rings (SSSR count). The van der Waals surface area contributed by atoms with Crippen molar-refractivity contribution in [1.82, 2.24) is 15.1 Å². The number of piperazine rings is 1. The molecule has 1 aliphatic carbocycles. The number of hydrogen-bond acceptors (Lipinski definition) is 3. The van der Waals surface area contributed by atoms with E-state index in [1.54, 1.807) is 0 Å². The van der Waals surface area contributed by atoms with Crippen LogP contribution in [-0.2, 0) is 0 Å². The van der Waals surface area contributed by atoms with Crippen LogP contribution in [0.3, 0.4) is 0 Å². The van der Waals surface area contributed by atoms with Crippen molar-refractivity contribution in [3.63, 3.8) is 0 Å². The molecule has 0 aromatic carbocycles. The zero-order valence-electron chi connectivity index (χ0n) is 14.4. The van der Waals surface area contributed by atoms with Crippen LogP contribution in [0.15, 0.2) is 0 Å². The Hall–Kier alpha value is -0.120. The zero-order chi connectivity index (χ0) is 14.9. The Bertz CT molecular complexity index is 310. The van der Waals surface area contributed by atoms with E-state index in [0.29, 0.717) is 17.5 Å². The van der Waals surface area contributed by atoms with Crippen LogP contribution in [0.4, 0.5) is 0 Å². The van der Waals surface area contributed by atoms with Gasteiger partial charge in [-0.3, -0.25) is 4.90 Å². The molecular formula is C17H35N3. The van der Waals surface area contributed by atoms with E-state index in [9.17, 15) is 0 Å². The summed E-state index contributed by atoms with van der Waals surface area (Å²) in [5.41, 5.74) is 0.454. The van der Waals surface area contributed by atoms with Gasteiger partial charge >= 0.3 is 0 Å². The molecule has 20 heavy (non-hydrogen) atoms. The monoisotopic (exact) mass is 281 g/mol. The number of hydrogen-bond donors (Lipinski definition) is 1. The van der Waals surface area contributed by atoms with Crippen LogP contribution < -0.4 is 5.32 Å². The molecule has 0 aromatic rings. The van der Waals surface area contributed by atoms with Crippen LogP contribution in [0.2, 0.25) is 0 Å². The predicted octanol–water partition coefficient (Wildman–Crippen LogP) is 2.43. The molecule has 3 nitrogen and oxygen atoms in total. The van der Waals surface area contributed by atoms with Crippen molar-refractivity contribution in [1.29, 1.82) is 0 Å². The maximum atomic E-state index is 3.59. The van der Waals surface area contributed by atoms with Gasteiger partial charge in [-0.2, -0.15) is 0 Å². The third kappa shape index (κ3) is 3.55. The van der Waals surface area contributed by atoms with Crippen LogP contribution in [0.1, 0.15) is 47.0 Å². The van der Waals surface area contributed by atoms with E-state index in [1.807, 2.05) is 0 Å². The van der Waals surface area contributed by atoms with Gasteiger partial charge in [0.05, 0.1) is 0 Å². The molecule has 1 saturated carbocycles. The Balaban J connectivity index is 2.05. The van der Waals surface area contributed by atoms with E-state index in [-0.39, 0.29) is 0 Å². The Kier molecular flexibility index (Phi) is 5.14. The summed E-state index contributed by atoms with van der Waals surface area (Å²) in [4.78, 5) is 5.26. The molecule has 1 N–H and O–H groups in total. The third-order valence-electron chi connectivity index (χ3n) is 5.87. The van der Waals surface area contributed by atoms with Crippen molar-refractivity contribution in [3.8, 4) is 0 Å². The lowest BCUT2D eigenvalue weighted by Crippen LogP contribution is -2.60. The second-order valence-corrected chi connectivity index (χ2v) is 8.16. The van der Waals surface area contributed by atoms with Crippen molar-refractivity contribution in [2.45, 2.75) is 65.1 Å². The van der Waals surface area contributed by atoms with Crippen LogP contribution in [-0.4, -0.2) is 61.7 Å². The van der Waals surface area contributed by atoms with Crippen LogP contribution in [0.5, 0.6) is 0 Å². The van der Waals surface area contributed by atoms with Gasteiger partial charge in [0.25, 0.3) is 0 Å². The van der Waals surface area contributed by atoms with Crippen molar-refractivity contribution in [2.24, 2.45) is 11.3 Å². The lowest BCUT2D eigenvalue weighted by molar-refractivity contribution is 0.0154. The first-order valence-electron chi connectivity index (χ1n) is 8.44. The molecular weight excluding hydrogens is 246 g/mol. The smallest absolute Gasteiger partial charge is 0.0253 e. The summed E-state index contributed by atoms with van der Waals surface area (Å²) in [5, 5.41) is 3.59. The molecule has 1 saturated heterocycles. The van der Waals surface area contributed by atoms with E-state index in [0.717, 1.165) is 12.0 Å². The van der Waals surface area contributed by atoms with Gasteiger partial charge in [0, 0.05) is 37.8 Å². The summed E-state index contributed by atoms with van der Waals surface area (Å²) < 4.78 is 0. The Labute approximate surface area is 126 Å². The quantitative estimate of drug-likeness (QED) is 0.838. The maximum Gasteiger partial charge on any atom is 0.0253 e. The fourth-order valence-corrected chi connectivity index (χ4v) is 4.05. The largest absolute Gasteiger partial charge is 0.315 e. The van der Waals surface area contributed by atoms with E-state index in [1.165, 1.54) is 38.9 Å². The van der Waals surface area contributed by atoms with Gasteiger partial charge in [-0.25, -0.2) is 0 Å². The molecule has 0 spiro atoms. The SMILES string of the molecule is CNC1CCC(C(C)(C)C)CC1N1CCN(C)C(C)C1. The fraction of sp³-hybridized carbons (Fsp3) is 1.00. The number of nitrogens with one attached hydrogen (secondary N) is 1. The minimum Gasteiger partial charge on any atom is -0.315 e. The highest BCUT2D eigenvalue weighted by Crippen LogP contribution is 2.39. The number of likely N-dealkylation sites (N-methyl/N-ethyl adjacent to an activating group) is 2. The first-order valence-corrected chi connectivity index (χ1v) is 8.44. The standard InChI is InChI=1S/C17H35N3/c1-13-12-20(10-9-19(13)6)16-11-14(17(2,3)4)7-8-15(16)18-5/h13-16,18H,7-12H2,1-6H3. The molecule has 0 aromatic heterocycles. The average Bonchev–Trinajstić information content (AvgIpc) is 2.40. The van der Waals surface area contributed by atoms with E-state index < -0.39 is 0 Å². The Morgan fingerprint density at radius 2 is 1.80 bits per heavy atom.